The molecular weight excluding hydrogens is 363 g/mol. The summed E-state index contributed by atoms with van der Waals surface area (Å²) in [5.41, 5.74) is -5.66. The average molecular weight is 381 g/mol. The first-order valence-corrected chi connectivity index (χ1v) is 10.2. The van der Waals surface area contributed by atoms with Crippen LogP contribution in [-0.2, 0) is 29.5 Å². The molecule has 0 amide bonds. The van der Waals surface area contributed by atoms with E-state index >= 15 is 0 Å². The zero-order chi connectivity index (χ0) is 17.3. The largest absolute Gasteiger partial charge is 0.512 e. The second-order valence-corrected chi connectivity index (χ2v) is 9.44. The predicted molar refractivity (Wildman–Crippen MR) is 73.3 cm³/mol. The second-order valence-electron chi connectivity index (χ2n) is 5.75. The van der Waals surface area contributed by atoms with Crippen molar-refractivity contribution in [2.24, 2.45) is 5.92 Å². The lowest BCUT2D eigenvalue weighted by molar-refractivity contribution is -0.0441. The Morgan fingerprint density at radius 3 is 2.13 bits per heavy atom. The van der Waals surface area contributed by atoms with Crippen LogP contribution in [-0.4, -0.2) is 53.5 Å². The summed E-state index contributed by atoms with van der Waals surface area (Å²) in [5.74, 6) is -1.05. The van der Waals surface area contributed by atoms with Crippen LogP contribution < -0.4 is 4.13 Å². The maximum absolute atomic E-state index is 12.2. The Labute approximate surface area is 132 Å². The van der Waals surface area contributed by atoms with Crippen LogP contribution >= 0.6 is 0 Å². The van der Waals surface area contributed by atoms with E-state index in [1.807, 2.05) is 0 Å². The van der Waals surface area contributed by atoms with Crippen LogP contribution in [0.2, 0.25) is 0 Å². The fraction of sp³-hybridized carbons (Fsp3) is 1.00. The third-order valence-corrected chi connectivity index (χ3v) is 7.12. The molecule has 2 aliphatic rings. The lowest BCUT2D eigenvalue weighted by Crippen LogP contribution is -2.42. The fourth-order valence-electron chi connectivity index (χ4n) is 2.43. The molecular formula is C11H18F3NO6S2. The first kappa shape index (κ1) is 18.9. The van der Waals surface area contributed by atoms with Gasteiger partial charge in [0.1, 0.15) is 6.10 Å². The van der Waals surface area contributed by atoms with Crippen molar-refractivity contribution in [3.63, 3.8) is 0 Å². The van der Waals surface area contributed by atoms with E-state index in [0.717, 1.165) is 4.13 Å². The van der Waals surface area contributed by atoms with Crippen molar-refractivity contribution in [1.29, 1.82) is 0 Å². The molecule has 1 N–H and O–H groups in total. The molecule has 12 heteroatoms. The van der Waals surface area contributed by atoms with Gasteiger partial charge in [-0.25, -0.2) is 16.8 Å². The third kappa shape index (κ3) is 5.85. The normalized spacial score (nSPS) is 29.4. The molecule has 0 spiro atoms. The number of hydrogen-bond donors (Lipinski definition) is 1. The van der Waals surface area contributed by atoms with Gasteiger partial charge in [0.05, 0.1) is 25.1 Å². The number of rotatable bonds is 7. The number of nitrogens with one attached hydrogen (secondary N) is 1. The summed E-state index contributed by atoms with van der Waals surface area (Å²) in [4.78, 5) is 0. The Kier molecular flexibility index (Phi) is 5.61. The molecule has 0 aromatic carbocycles. The quantitative estimate of drug-likeness (QED) is 0.653. The summed E-state index contributed by atoms with van der Waals surface area (Å²) in [6.07, 6.45) is 2.17. The third-order valence-electron chi connectivity index (χ3n) is 3.71. The highest BCUT2D eigenvalue weighted by Gasteiger charge is 2.48. The van der Waals surface area contributed by atoms with Gasteiger partial charge in [0, 0.05) is 0 Å². The summed E-state index contributed by atoms with van der Waals surface area (Å²) in [6, 6.07) is 0. The molecule has 0 radical (unpaired) electrons. The molecule has 0 aromatic rings. The molecule has 136 valence electrons. The topological polar surface area (TPSA) is 102 Å². The number of sulfonamides is 2. The van der Waals surface area contributed by atoms with Gasteiger partial charge in [-0.15, -0.1) is 4.13 Å². The number of ether oxygens (including phenoxy) is 2. The minimum Gasteiger partial charge on any atom is -0.375 e. The van der Waals surface area contributed by atoms with Gasteiger partial charge in [-0.2, -0.15) is 13.2 Å². The number of halogens is 3. The maximum atomic E-state index is 12.2. The highest BCUT2D eigenvalue weighted by molar-refractivity contribution is 8.05. The smallest absolute Gasteiger partial charge is 0.375 e. The first-order chi connectivity index (χ1) is 10.5. The molecule has 23 heavy (non-hydrogen) atoms. The molecule has 1 heterocycles. The van der Waals surface area contributed by atoms with Crippen molar-refractivity contribution >= 4 is 20.0 Å². The van der Waals surface area contributed by atoms with E-state index in [1.54, 1.807) is 0 Å². The molecule has 7 nitrogen and oxygen atoms in total. The summed E-state index contributed by atoms with van der Waals surface area (Å²) in [7, 11) is -10.5. The maximum Gasteiger partial charge on any atom is 0.512 e. The van der Waals surface area contributed by atoms with E-state index in [-0.39, 0.29) is 12.2 Å². The standard InChI is InChI=1S/C11H18F3NO6S2/c12-11(13,14)23(18,19)15-22(16,17)7-8-1-3-9(4-2-8)20-5-10-6-21-10/h8-10,15H,1-7H2. The summed E-state index contributed by atoms with van der Waals surface area (Å²) >= 11 is 0. The monoisotopic (exact) mass is 381 g/mol. The number of hydrogen-bond acceptors (Lipinski definition) is 6. The van der Waals surface area contributed by atoms with Crippen LogP contribution in [0, 0.1) is 5.92 Å². The van der Waals surface area contributed by atoms with Crippen LogP contribution in [0.1, 0.15) is 25.7 Å². The molecule has 0 aromatic heterocycles. The Morgan fingerprint density at radius 2 is 1.65 bits per heavy atom. The Bertz CT molecular complexity index is 606. The zero-order valence-electron chi connectivity index (χ0n) is 12.1. The van der Waals surface area contributed by atoms with E-state index in [2.05, 4.69) is 0 Å². The van der Waals surface area contributed by atoms with Gasteiger partial charge in [-0.05, 0) is 31.6 Å². The lowest BCUT2D eigenvalue weighted by atomic mass is 9.89. The van der Waals surface area contributed by atoms with Gasteiger partial charge >= 0.3 is 15.5 Å². The molecule has 1 unspecified atom stereocenters. The summed E-state index contributed by atoms with van der Waals surface area (Å²) < 4.78 is 92.9. The van der Waals surface area contributed by atoms with E-state index in [4.69, 9.17) is 9.47 Å². The summed E-state index contributed by atoms with van der Waals surface area (Å²) in [5, 5.41) is 0. The first-order valence-electron chi connectivity index (χ1n) is 7.04. The lowest BCUT2D eigenvalue weighted by Gasteiger charge is -2.28. The van der Waals surface area contributed by atoms with E-state index in [1.165, 1.54) is 0 Å². The molecule has 1 saturated carbocycles. The van der Waals surface area contributed by atoms with Gasteiger partial charge in [0.25, 0.3) is 0 Å². The van der Waals surface area contributed by atoms with Crippen LogP contribution in [0.3, 0.4) is 0 Å². The summed E-state index contributed by atoms with van der Waals surface area (Å²) in [6.45, 7) is 1.16. The molecule has 0 bridgehead atoms. The second kappa shape index (κ2) is 6.82. The Morgan fingerprint density at radius 1 is 1.09 bits per heavy atom. The van der Waals surface area contributed by atoms with Crippen molar-refractivity contribution in [1.82, 2.24) is 4.13 Å². The van der Waals surface area contributed by atoms with Crippen molar-refractivity contribution in [2.45, 2.75) is 43.4 Å². The van der Waals surface area contributed by atoms with Crippen molar-refractivity contribution < 1.29 is 39.5 Å². The van der Waals surface area contributed by atoms with Gasteiger partial charge in [0.2, 0.25) is 10.0 Å². The van der Waals surface area contributed by atoms with Gasteiger partial charge < -0.3 is 9.47 Å². The van der Waals surface area contributed by atoms with Crippen LogP contribution in [0.5, 0.6) is 0 Å². The number of alkyl halides is 3. The Hall–Kier alpha value is -0.430. The van der Waals surface area contributed by atoms with Crippen LogP contribution in [0.15, 0.2) is 0 Å². The SMILES string of the molecule is O=S(=O)(CC1CCC(OCC2CO2)CC1)NS(=O)(=O)C(F)(F)F. The van der Waals surface area contributed by atoms with Gasteiger partial charge in [-0.1, -0.05) is 0 Å². The predicted octanol–water partition coefficient (Wildman–Crippen LogP) is 0.730. The van der Waals surface area contributed by atoms with Crippen molar-refractivity contribution in [3.05, 3.63) is 0 Å². The van der Waals surface area contributed by atoms with E-state index < -0.39 is 37.2 Å². The average Bonchev–Trinajstić information content (AvgIpc) is 3.18. The highest BCUT2D eigenvalue weighted by Crippen LogP contribution is 2.29. The van der Waals surface area contributed by atoms with Crippen molar-refractivity contribution in [2.75, 3.05) is 19.0 Å². The minimum atomic E-state index is -5.90. The van der Waals surface area contributed by atoms with E-state index in [0.29, 0.717) is 38.9 Å². The van der Waals surface area contributed by atoms with Gasteiger partial charge in [-0.3, -0.25) is 0 Å². The fourth-order valence-corrected chi connectivity index (χ4v) is 5.37. The van der Waals surface area contributed by atoms with Crippen molar-refractivity contribution in [3.8, 4) is 0 Å². The van der Waals surface area contributed by atoms with Crippen LogP contribution in [0.4, 0.5) is 13.2 Å². The Balaban J connectivity index is 1.80. The zero-order valence-corrected chi connectivity index (χ0v) is 13.7. The minimum absolute atomic E-state index is 0.0231. The highest BCUT2D eigenvalue weighted by atomic mass is 32.3. The molecule has 1 aliphatic heterocycles. The molecule has 1 atom stereocenters. The van der Waals surface area contributed by atoms with Crippen LogP contribution in [0.25, 0.3) is 0 Å². The molecule has 1 saturated heterocycles. The molecule has 2 rings (SSSR count). The number of epoxide rings is 1. The van der Waals surface area contributed by atoms with E-state index in [9.17, 15) is 30.0 Å². The van der Waals surface area contributed by atoms with Gasteiger partial charge in [0.15, 0.2) is 0 Å². The molecule has 1 aliphatic carbocycles. The molecule has 2 fully saturated rings.